The first-order chi connectivity index (χ1) is 13.4. The topological polar surface area (TPSA) is 0 Å². The molecule has 0 radical (unpaired) electrons. The molecule has 27 heavy (non-hydrogen) atoms. The Morgan fingerprint density at radius 2 is 0.667 bits per heavy atom. The fourth-order valence-electron chi connectivity index (χ4n) is 5.75. The molecule has 0 heterocycles. The summed E-state index contributed by atoms with van der Waals surface area (Å²) in [5.74, 6) is 0. The zero-order chi connectivity index (χ0) is 17.5. The van der Waals surface area contributed by atoms with E-state index in [1.165, 1.54) is 50.1 Å². The van der Waals surface area contributed by atoms with E-state index in [0.29, 0.717) is 0 Å². The predicted octanol–water partition coefficient (Wildman–Crippen LogP) is 6.40. The van der Waals surface area contributed by atoms with Gasteiger partial charge in [-0.15, -0.1) is 0 Å². The Labute approximate surface area is 159 Å². The summed E-state index contributed by atoms with van der Waals surface area (Å²) in [6.45, 7) is 0. The van der Waals surface area contributed by atoms with Crippen molar-refractivity contribution in [3.8, 4) is 33.4 Å². The average Bonchev–Trinajstić information content (AvgIpc) is 3.38. The molecule has 3 aliphatic rings. The largest absolute Gasteiger partial charge is 0.0619 e. The maximum absolute atomic E-state index is 2.33. The molecule has 0 atom stereocenters. The molecule has 0 unspecified atom stereocenters. The third-order valence-corrected chi connectivity index (χ3v) is 6.77. The number of hydrogen-bond donors (Lipinski definition) is 0. The molecule has 4 aromatic carbocycles. The SMILES string of the molecule is c1ccc2c(c1)Cc1c-2c2c(c3c1-c1ccccc1C3)-c1ccccc1C2. The molecule has 0 bridgehead atoms. The minimum atomic E-state index is 1.08. The summed E-state index contributed by atoms with van der Waals surface area (Å²) >= 11 is 0. The molecule has 0 saturated carbocycles. The van der Waals surface area contributed by atoms with Gasteiger partial charge in [0, 0.05) is 0 Å². The van der Waals surface area contributed by atoms with Gasteiger partial charge in [-0.2, -0.15) is 0 Å². The molecule has 0 fully saturated rings. The van der Waals surface area contributed by atoms with E-state index in [2.05, 4.69) is 72.8 Å². The summed E-state index contributed by atoms with van der Waals surface area (Å²) in [5, 5.41) is 0. The van der Waals surface area contributed by atoms with Gasteiger partial charge in [-0.05, 0) is 86.0 Å². The minimum Gasteiger partial charge on any atom is -0.0619 e. The second kappa shape index (κ2) is 4.78. The van der Waals surface area contributed by atoms with Crippen molar-refractivity contribution in [2.45, 2.75) is 19.3 Å². The zero-order valence-corrected chi connectivity index (χ0v) is 15.0. The van der Waals surface area contributed by atoms with E-state index in [1.807, 2.05) is 0 Å². The van der Waals surface area contributed by atoms with Crippen molar-refractivity contribution in [1.29, 1.82) is 0 Å². The molecule has 7 rings (SSSR count). The van der Waals surface area contributed by atoms with Gasteiger partial charge in [-0.25, -0.2) is 0 Å². The molecule has 0 saturated heterocycles. The van der Waals surface area contributed by atoms with Crippen molar-refractivity contribution in [3.05, 3.63) is 106 Å². The normalized spacial score (nSPS) is 14.2. The highest BCUT2D eigenvalue weighted by atomic mass is 14.4. The van der Waals surface area contributed by atoms with Gasteiger partial charge in [0.15, 0.2) is 0 Å². The molecule has 0 heteroatoms. The molecule has 0 aromatic heterocycles. The second-order valence-corrected chi connectivity index (χ2v) is 8.06. The van der Waals surface area contributed by atoms with Crippen LogP contribution in [0.2, 0.25) is 0 Å². The third kappa shape index (κ3) is 1.64. The molecular weight excluding hydrogens is 324 g/mol. The first kappa shape index (κ1) is 14.0. The van der Waals surface area contributed by atoms with E-state index in [0.717, 1.165) is 19.3 Å². The molecule has 0 nitrogen and oxygen atoms in total. The van der Waals surface area contributed by atoms with Gasteiger partial charge >= 0.3 is 0 Å². The van der Waals surface area contributed by atoms with Crippen molar-refractivity contribution in [2.75, 3.05) is 0 Å². The Morgan fingerprint density at radius 3 is 1.00 bits per heavy atom. The number of hydrogen-bond acceptors (Lipinski definition) is 0. The van der Waals surface area contributed by atoms with Crippen LogP contribution < -0.4 is 0 Å². The van der Waals surface area contributed by atoms with Crippen molar-refractivity contribution < 1.29 is 0 Å². The van der Waals surface area contributed by atoms with Crippen LogP contribution in [0.25, 0.3) is 33.4 Å². The first-order valence-electron chi connectivity index (χ1n) is 9.85. The second-order valence-electron chi connectivity index (χ2n) is 8.06. The Kier molecular flexibility index (Phi) is 2.48. The van der Waals surface area contributed by atoms with Crippen LogP contribution in [0.3, 0.4) is 0 Å². The molecule has 0 aliphatic heterocycles. The van der Waals surface area contributed by atoms with Crippen molar-refractivity contribution in [3.63, 3.8) is 0 Å². The van der Waals surface area contributed by atoms with Gasteiger partial charge in [0.25, 0.3) is 0 Å². The quantitative estimate of drug-likeness (QED) is 0.299. The zero-order valence-electron chi connectivity index (χ0n) is 15.0. The molecule has 126 valence electrons. The highest BCUT2D eigenvalue weighted by molar-refractivity contribution is 6.00. The lowest BCUT2D eigenvalue weighted by Gasteiger charge is -2.17. The minimum absolute atomic E-state index is 1.08. The number of rotatable bonds is 0. The highest BCUT2D eigenvalue weighted by Gasteiger charge is 2.36. The molecule has 0 spiro atoms. The summed E-state index contributed by atoms with van der Waals surface area (Å²) < 4.78 is 0. The van der Waals surface area contributed by atoms with Crippen LogP contribution in [0, 0.1) is 0 Å². The standard InChI is InChI=1S/C27H18/c1-4-10-19-16(7-1)13-22-25(19)23-14-17-8-3-6-12-21(17)27(23)24-15-18-9-2-5-11-20(18)26(22)24/h1-12H,13-15H2. The van der Waals surface area contributed by atoms with Gasteiger partial charge in [0.05, 0.1) is 0 Å². The van der Waals surface area contributed by atoms with E-state index < -0.39 is 0 Å². The van der Waals surface area contributed by atoms with Gasteiger partial charge < -0.3 is 0 Å². The summed E-state index contributed by atoms with van der Waals surface area (Å²) in [5.41, 5.74) is 18.2. The molecule has 0 N–H and O–H groups in total. The summed E-state index contributed by atoms with van der Waals surface area (Å²) in [4.78, 5) is 0. The summed E-state index contributed by atoms with van der Waals surface area (Å²) in [6.07, 6.45) is 3.23. The van der Waals surface area contributed by atoms with E-state index in [9.17, 15) is 0 Å². The Bertz CT molecular complexity index is 1110. The lowest BCUT2D eigenvalue weighted by molar-refractivity contribution is 1.21. The van der Waals surface area contributed by atoms with Crippen LogP contribution in [0.1, 0.15) is 33.4 Å². The summed E-state index contributed by atoms with van der Waals surface area (Å²) in [7, 11) is 0. The Balaban J connectivity index is 1.66. The van der Waals surface area contributed by atoms with Crippen molar-refractivity contribution in [2.24, 2.45) is 0 Å². The molecule has 3 aliphatic carbocycles. The van der Waals surface area contributed by atoms with Gasteiger partial charge in [0.2, 0.25) is 0 Å². The average molecular weight is 342 g/mol. The van der Waals surface area contributed by atoms with Crippen LogP contribution >= 0.6 is 0 Å². The predicted molar refractivity (Wildman–Crippen MR) is 111 cm³/mol. The first-order valence-corrected chi connectivity index (χ1v) is 9.85. The van der Waals surface area contributed by atoms with Crippen LogP contribution in [0.5, 0.6) is 0 Å². The van der Waals surface area contributed by atoms with Crippen LogP contribution in [0.15, 0.2) is 72.8 Å². The fraction of sp³-hybridized carbons (Fsp3) is 0.111. The highest BCUT2D eigenvalue weighted by Crippen LogP contribution is 2.56. The molecule has 0 amide bonds. The van der Waals surface area contributed by atoms with Gasteiger partial charge in [0.1, 0.15) is 0 Å². The Morgan fingerprint density at radius 1 is 0.370 bits per heavy atom. The van der Waals surface area contributed by atoms with Crippen LogP contribution in [-0.4, -0.2) is 0 Å². The van der Waals surface area contributed by atoms with Gasteiger partial charge in [-0.3, -0.25) is 0 Å². The number of benzene rings is 4. The van der Waals surface area contributed by atoms with Gasteiger partial charge in [-0.1, -0.05) is 72.8 Å². The lowest BCUT2D eigenvalue weighted by atomic mass is 9.86. The van der Waals surface area contributed by atoms with E-state index in [4.69, 9.17) is 0 Å². The molecular formula is C27H18. The Hall–Kier alpha value is -3.12. The van der Waals surface area contributed by atoms with Crippen molar-refractivity contribution >= 4 is 0 Å². The van der Waals surface area contributed by atoms with E-state index >= 15 is 0 Å². The third-order valence-electron chi connectivity index (χ3n) is 6.77. The smallest absolute Gasteiger partial charge is 0.000706 e. The maximum atomic E-state index is 2.33. The number of fused-ring (bicyclic) bond motifs is 12. The van der Waals surface area contributed by atoms with Crippen LogP contribution in [0.4, 0.5) is 0 Å². The summed E-state index contributed by atoms with van der Waals surface area (Å²) in [6, 6.07) is 27.1. The van der Waals surface area contributed by atoms with E-state index in [1.54, 1.807) is 16.7 Å². The van der Waals surface area contributed by atoms with Crippen LogP contribution in [-0.2, 0) is 19.3 Å². The monoisotopic (exact) mass is 342 g/mol. The maximum Gasteiger partial charge on any atom is -0.000706 e. The van der Waals surface area contributed by atoms with E-state index in [-0.39, 0.29) is 0 Å². The fourth-order valence-corrected chi connectivity index (χ4v) is 5.75. The lowest BCUT2D eigenvalue weighted by Crippen LogP contribution is -1.96. The van der Waals surface area contributed by atoms with Crippen molar-refractivity contribution in [1.82, 2.24) is 0 Å². The molecule has 4 aromatic rings.